The van der Waals surface area contributed by atoms with Crippen LogP contribution < -0.4 is 4.90 Å². The Morgan fingerprint density at radius 3 is 2.76 bits per heavy atom. The summed E-state index contributed by atoms with van der Waals surface area (Å²) in [6, 6.07) is 3.88. The first-order valence-electron chi connectivity index (χ1n) is 4.64. The number of carboxylic acid groups (broad SMARTS) is 1. The highest BCUT2D eigenvalue weighted by molar-refractivity contribution is 5.97. The fourth-order valence-electron chi connectivity index (χ4n) is 1.47. The van der Waals surface area contributed by atoms with Gasteiger partial charge >= 0.3 is 5.97 Å². The molecule has 88 valence electrons. The van der Waals surface area contributed by atoms with E-state index in [1.807, 2.05) is 0 Å². The average Bonchev–Trinajstić information content (AvgIpc) is 2.28. The highest BCUT2D eigenvalue weighted by Crippen LogP contribution is 2.31. The Labute approximate surface area is 97.6 Å². The van der Waals surface area contributed by atoms with Crippen molar-refractivity contribution < 1.29 is 14.8 Å². The third-order valence-electron chi connectivity index (χ3n) is 2.15. The topological polar surface area (TPSA) is 83.7 Å². The molecule has 1 aromatic rings. The second-order valence-corrected chi connectivity index (χ2v) is 3.30. The number of carbonyl (C=O) groups is 1. The highest BCUT2D eigenvalue weighted by Gasteiger charge is 2.23. The predicted octanol–water partition coefficient (Wildman–Crippen LogP) is 1.36. The van der Waals surface area contributed by atoms with Crippen molar-refractivity contribution in [3.8, 4) is 12.3 Å². The second kappa shape index (κ2) is 4.99. The number of benzene rings is 1. The Morgan fingerprint density at radius 1 is 1.65 bits per heavy atom. The molecule has 0 unspecified atom stereocenters. The third kappa shape index (κ3) is 2.52. The van der Waals surface area contributed by atoms with E-state index in [2.05, 4.69) is 5.92 Å². The number of rotatable bonds is 4. The summed E-state index contributed by atoms with van der Waals surface area (Å²) in [7, 11) is 1.51. The number of nitrogens with zero attached hydrogens (tertiary/aromatic N) is 2. The van der Waals surface area contributed by atoms with Gasteiger partial charge < -0.3 is 10.0 Å². The van der Waals surface area contributed by atoms with E-state index in [1.165, 1.54) is 30.1 Å². The fourth-order valence-corrected chi connectivity index (χ4v) is 1.47. The predicted molar refractivity (Wildman–Crippen MR) is 62.2 cm³/mol. The fraction of sp³-hybridized carbons (Fsp3) is 0.182. The van der Waals surface area contributed by atoms with Crippen molar-refractivity contribution in [3.05, 3.63) is 33.9 Å². The molecule has 0 fully saturated rings. The van der Waals surface area contributed by atoms with E-state index >= 15 is 0 Å². The summed E-state index contributed by atoms with van der Waals surface area (Å²) in [6.45, 7) is 0.0884. The van der Waals surface area contributed by atoms with Crippen molar-refractivity contribution >= 4 is 17.3 Å². The van der Waals surface area contributed by atoms with Crippen molar-refractivity contribution in [1.29, 1.82) is 0 Å². The van der Waals surface area contributed by atoms with Gasteiger partial charge in [-0.2, -0.15) is 0 Å². The summed E-state index contributed by atoms with van der Waals surface area (Å²) in [6.07, 6.45) is 5.11. The molecule has 1 aromatic carbocycles. The number of carboxylic acids is 1. The summed E-state index contributed by atoms with van der Waals surface area (Å²) in [4.78, 5) is 22.6. The van der Waals surface area contributed by atoms with Gasteiger partial charge in [0.2, 0.25) is 0 Å². The molecule has 17 heavy (non-hydrogen) atoms. The van der Waals surface area contributed by atoms with Crippen molar-refractivity contribution in [3.63, 3.8) is 0 Å². The number of aromatic carboxylic acids is 1. The maximum absolute atomic E-state index is 11.0. The molecule has 1 rings (SSSR count). The van der Waals surface area contributed by atoms with Crippen LogP contribution in [0.1, 0.15) is 10.4 Å². The van der Waals surface area contributed by atoms with Crippen LogP contribution in [0.5, 0.6) is 0 Å². The molecular formula is C11H10N2O4. The van der Waals surface area contributed by atoms with Crippen LogP contribution in [-0.2, 0) is 0 Å². The first kappa shape index (κ1) is 12.5. The molecule has 0 aliphatic rings. The molecule has 0 aromatic heterocycles. The molecule has 0 amide bonds. The lowest BCUT2D eigenvalue weighted by Gasteiger charge is -2.18. The SMILES string of the molecule is C#CCN(C)c1c(C(=O)O)cccc1[N+](=O)[O-]. The van der Waals surface area contributed by atoms with E-state index in [4.69, 9.17) is 11.5 Å². The molecule has 0 atom stereocenters. The van der Waals surface area contributed by atoms with Crippen LogP contribution in [0.15, 0.2) is 18.2 Å². The Kier molecular flexibility index (Phi) is 3.67. The number of nitro groups is 1. The molecule has 0 aliphatic heterocycles. The molecule has 6 nitrogen and oxygen atoms in total. The molecule has 0 saturated carbocycles. The molecule has 0 spiro atoms. The van der Waals surface area contributed by atoms with E-state index in [0.717, 1.165) is 0 Å². The number of terminal acetylenes is 1. The smallest absolute Gasteiger partial charge is 0.338 e. The van der Waals surface area contributed by atoms with Gasteiger partial charge in [0.15, 0.2) is 0 Å². The third-order valence-corrected chi connectivity index (χ3v) is 2.15. The first-order valence-corrected chi connectivity index (χ1v) is 4.64. The van der Waals surface area contributed by atoms with E-state index in [0.29, 0.717) is 0 Å². The lowest BCUT2D eigenvalue weighted by molar-refractivity contribution is -0.384. The van der Waals surface area contributed by atoms with Gasteiger partial charge in [-0.15, -0.1) is 6.42 Å². The zero-order valence-electron chi connectivity index (χ0n) is 9.08. The number of nitro benzene ring substituents is 1. The summed E-state index contributed by atoms with van der Waals surface area (Å²) in [5.41, 5.74) is -0.400. The maximum atomic E-state index is 11.0. The van der Waals surface area contributed by atoms with Gasteiger partial charge in [0.25, 0.3) is 5.69 Å². The standard InChI is InChI=1S/C11H10N2O4/c1-3-7-12(2)10-8(11(14)15)5-4-6-9(10)13(16)17/h1,4-6H,7H2,2H3,(H,14,15). The number of para-hydroxylation sites is 1. The minimum Gasteiger partial charge on any atom is -0.478 e. The minimum absolute atomic E-state index is 0.0166. The van der Waals surface area contributed by atoms with E-state index in [1.54, 1.807) is 0 Å². The second-order valence-electron chi connectivity index (χ2n) is 3.30. The molecule has 1 N–H and O–H groups in total. The van der Waals surface area contributed by atoms with Gasteiger partial charge in [-0.25, -0.2) is 4.79 Å². The van der Waals surface area contributed by atoms with Crippen LogP contribution in [0.2, 0.25) is 0 Å². The molecule has 0 saturated heterocycles. The van der Waals surface area contributed by atoms with E-state index in [9.17, 15) is 14.9 Å². The van der Waals surface area contributed by atoms with Gasteiger partial charge in [0.1, 0.15) is 5.69 Å². The Bertz CT molecular complexity index is 472. The van der Waals surface area contributed by atoms with Crippen molar-refractivity contribution in [2.45, 2.75) is 0 Å². The lowest BCUT2D eigenvalue weighted by atomic mass is 10.1. The lowest BCUT2D eigenvalue weighted by Crippen LogP contribution is -2.21. The Morgan fingerprint density at radius 2 is 2.29 bits per heavy atom. The number of hydrogen-bond acceptors (Lipinski definition) is 4. The summed E-state index contributed by atoms with van der Waals surface area (Å²) in [5.74, 6) is 1.08. The molecule has 0 heterocycles. The normalized spacial score (nSPS) is 9.41. The number of hydrogen-bond donors (Lipinski definition) is 1. The monoisotopic (exact) mass is 234 g/mol. The van der Waals surface area contributed by atoms with Gasteiger partial charge in [0, 0.05) is 13.1 Å². The van der Waals surface area contributed by atoms with Crippen LogP contribution in [0.4, 0.5) is 11.4 Å². The Balaban J connectivity index is 3.44. The largest absolute Gasteiger partial charge is 0.478 e. The summed E-state index contributed by atoms with van der Waals surface area (Å²) >= 11 is 0. The number of anilines is 1. The molecule has 0 aliphatic carbocycles. The van der Waals surface area contributed by atoms with Crippen LogP contribution >= 0.6 is 0 Å². The molecule has 0 bridgehead atoms. The van der Waals surface area contributed by atoms with Gasteiger partial charge in [-0.05, 0) is 6.07 Å². The summed E-state index contributed by atoms with van der Waals surface area (Å²) < 4.78 is 0. The molecule has 0 radical (unpaired) electrons. The van der Waals surface area contributed by atoms with Gasteiger partial charge in [-0.1, -0.05) is 12.0 Å². The quantitative estimate of drug-likeness (QED) is 0.483. The molecule has 6 heteroatoms. The molecular weight excluding hydrogens is 224 g/mol. The van der Waals surface area contributed by atoms with E-state index in [-0.39, 0.29) is 23.5 Å². The van der Waals surface area contributed by atoms with Crippen LogP contribution in [0, 0.1) is 22.5 Å². The van der Waals surface area contributed by atoms with Gasteiger partial charge in [-0.3, -0.25) is 10.1 Å². The zero-order valence-corrected chi connectivity index (χ0v) is 9.08. The maximum Gasteiger partial charge on any atom is 0.338 e. The zero-order chi connectivity index (χ0) is 13.0. The van der Waals surface area contributed by atoms with Gasteiger partial charge in [0.05, 0.1) is 17.0 Å². The summed E-state index contributed by atoms with van der Waals surface area (Å²) in [5, 5.41) is 19.8. The first-order chi connectivity index (χ1) is 7.99. The van der Waals surface area contributed by atoms with Crippen LogP contribution in [0.3, 0.4) is 0 Å². The van der Waals surface area contributed by atoms with E-state index < -0.39 is 10.9 Å². The van der Waals surface area contributed by atoms with Crippen LogP contribution in [0.25, 0.3) is 0 Å². The average molecular weight is 234 g/mol. The highest BCUT2D eigenvalue weighted by atomic mass is 16.6. The minimum atomic E-state index is -1.23. The van der Waals surface area contributed by atoms with Crippen molar-refractivity contribution in [1.82, 2.24) is 0 Å². The van der Waals surface area contributed by atoms with Crippen LogP contribution in [-0.4, -0.2) is 29.6 Å². The van der Waals surface area contributed by atoms with Crippen molar-refractivity contribution in [2.24, 2.45) is 0 Å². The van der Waals surface area contributed by atoms with Crippen molar-refractivity contribution in [2.75, 3.05) is 18.5 Å². The Hall–Kier alpha value is -2.55.